The summed E-state index contributed by atoms with van der Waals surface area (Å²) in [5.41, 5.74) is 6.60. The first-order valence-corrected chi connectivity index (χ1v) is 5.67. The molecule has 0 bridgehead atoms. The third-order valence-corrected chi connectivity index (χ3v) is 3.40. The van der Waals surface area contributed by atoms with E-state index >= 15 is 0 Å². The van der Waals surface area contributed by atoms with Crippen LogP contribution >= 0.6 is 22.7 Å². The Morgan fingerprint density at radius 2 is 2.00 bits per heavy atom. The Morgan fingerprint density at radius 3 is 2.62 bits per heavy atom. The second-order valence-electron chi connectivity index (χ2n) is 2.59. The van der Waals surface area contributed by atoms with Crippen molar-refractivity contribution in [1.29, 1.82) is 0 Å². The minimum Gasteiger partial charge on any atom is -0.398 e. The number of rotatable bonds is 2. The molecule has 0 aromatic carbocycles. The van der Waals surface area contributed by atoms with Gasteiger partial charge in [-0.15, -0.1) is 22.7 Å². The zero-order chi connectivity index (χ0) is 9.10. The highest BCUT2D eigenvalue weighted by Crippen LogP contribution is 2.22. The zero-order valence-corrected chi connectivity index (χ0v) is 8.57. The van der Waals surface area contributed by atoms with E-state index in [1.807, 2.05) is 17.5 Å². The van der Waals surface area contributed by atoms with Crippen LogP contribution in [0.3, 0.4) is 0 Å². The fraction of sp³-hybridized carbons (Fsp3) is 0. The maximum absolute atomic E-state index is 5.74. The van der Waals surface area contributed by atoms with Gasteiger partial charge < -0.3 is 5.73 Å². The highest BCUT2D eigenvalue weighted by molar-refractivity contribution is 7.12. The van der Waals surface area contributed by atoms with E-state index in [2.05, 4.69) is 23.6 Å². The first-order valence-electron chi connectivity index (χ1n) is 3.91. The third-order valence-electron chi connectivity index (χ3n) is 1.67. The van der Waals surface area contributed by atoms with Crippen LogP contribution in [0.2, 0.25) is 0 Å². The van der Waals surface area contributed by atoms with E-state index in [0.717, 1.165) is 10.6 Å². The molecule has 2 rings (SSSR count). The second-order valence-corrected chi connectivity index (χ2v) is 4.52. The van der Waals surface area contributed by atoms with E-state index in [1.54, 1.807) is 22.7 Å². The molecule has 0 saturated heterocycles. The Bertz CT molecular complexity index is 398. The van der Waals surface area contributed by atoms with Crippen LogP contribution in [0.4, 0.5) is 5.69 Å². The molecule has 0 atom stereocenters. The van der Waals surface area contributed by atoms with Crippen molar-refractivity contribution in [3.05, 3.63) is 38.7 Å². The largest absolute Gasteiger partial charge is 0.398 e. The number of hydrogen-bond donors (Lipinski definition) is 1. The second kappa shape index (κ2) is 3.77. The summed E-state index contributed by atoms with van der Waals surface area (Å²) in [5, 5.41) is 4.07. The van der Waals surface area contributed by atoms with Crippen LogP contribution in [-0.2, 0) is 0 Å². The van der Waals surface area contributed by atoms with Crippen LogP contribution < -0.4 is 5.73 Å². The molecule has 0 fully saturated rings. The van der Waals surface area contributed by atoms with Crippen molar-refractivity contribution >= 4 is 40.5 Å². The number of hydrogen-bond acceptors (Lipinski definition) is 3. The van der Waals surface area contributed by atoms with Gasteiger partial charge in [-0.25, -0.2) is 0 Å². The molecule has 3 heteroatoms. The Balaban J connectivity index is 2.19. The molecule has 0 aliphatic rings. The Hall–Kier alpha value is -1.06. The van der Waals surface area contributed by atoms with Crippen LogP contribution in [0.25, 0.3) is 12.2 Å². The lowest BCUT2D eigenvalue weighted by Gasteiger charge is -1.88. The van der Waals surface area contributed by atoms with Crippen LogP contribution in [0.5, 0.6) is 0 Å². The van der Waals surface area contributed by atoms with Gasteiger partial charge in [0, 0.05) is 15.4 Å². The van der Waals surface area contributed by atoms with E-state index < -0.39 is 0 Å². The van der Waals surface area contributed by atoms with E-state index in [1.165, 1.54) is 4.88 Å². The molecule has 13 heavy (non-hydrogen) atoms. The van der Waals surface area contributed by atoms with Crippen LogP contribution in [0, 0.1) is 0 Å². The van der Waals surface area contributed by atoms with Gasteiger partial charge in [-0.2, -0.15) is 0 Å². The van der Waals surface area contributed by atoms with Gasteiger partial charge in [0.05, 0.1) is 0 Å². The normalized spacial score (nSPS) is 11.1. The quantitative estimate of drug-likeness (QED) is 0.800. The van der Waals surface area contributed by atoms with Crippen LogP contribution in [-0.4, -0.2) is 0 Å². The Morgan fingerprint density at radius 1 is 1.08 bits per heavy atom. The van der Waals surface area contributed by atoms with E-state index in [-0.39, 0.29) is 0 Å². The minimum absolute atomic E-state index is 0.859. The molecule has 2 N–H and O–H groups in total. The van der Waals surface area contributed by atoms with Gasteiger partial charge in [0.25, 0.3) is 0 Å². The van der Waals surface area contributed by atoms with E-state index in [4.69, 9.17) is 5.73 Å². The molecule has 66 valence electrons. The molecule has 0 saturated carbocycles. The average molecular weight is 207 g/mol. The summed E-state index contributed by atoms with van der Waals surface area (Å²) in [6.45, 7) is 0. The molecular weight excluding hydrogens is 198 g/mol. The molecule has 2 aromatic rings. The van der Waals surface area contributed by atoms with Crippen molar-refractivity contribution < 1.29 is 0 Å². The molecule has 0 radical (unpaired) electrons. The zero-order valence-electron chi connectivity index (χ0n) is 6.94. The maximum Gasteiger partial charge on any atom is 0.0500 e. The summed E-state index contributed by atoms with van der Waals surface area (Å²) in [6, 6.07) is 6.06. The smallest absolute Gasteiger partial charge is 0.0500 e. The highest BCUT2D eigenvalue weighted by Gasteiger charge is 1.94. The van der Waals surface area contributed by atoms with E-state index in [9.17, 15) is 0 Å². The summed E-state index contributed by atoms with van der Waals surface area (Å²) < 4.78 is 0. The van der Waals surface area contributed by atoms with Crippen molar-refractivity contribution in [2.24, 2.45) is 0 Å². The molecular formula is C10H9NS2. The van der Waals surface area contributed by atoms with Crippen molar-refractivity contribution in [2.45, 2.75) is 0 Å². The summed E-state index contributed by atoms with van der Waals surface area (Å²) in [4.78, 5) is 2.39. The predicted octanol–water partition coefficient (Wildman–Crippen LogP) is 3.56. The van der Waals surface area contributed by atoms with Gasteiger partial charge in [0.15, 0.2) is 0 Å². The fourth-order valence-electron chi connectivity index (χ4n) is 1.01. The molecule has 0 aliphatic heterocycles. The first-order chi connectivity index (χ1) is 6.36. The first kappa shape index (κ1) is 8.53. The van der Waals surface area contributed by atoms with Gasteiger partial charge in [0.2, 0.25) is 0 Å². The Labute approximate surface area is 85.1 Å². The maximum atomic E-state index is 5.74. The Kier molecular flexibility index (Phi) is 2.47. The molecule has 2 heterocycles. The minimum atomic E-state index is 0.859. The summed E-state index contributed by atoms with van der Waals surface area (Å²) in [5.74, 6) is 0. The van der Waals surface area contributed by atoms with Gasteiger partial charge in [0.1, 0.15) is 0 Å². The lowest BCUT2D eigenvalue weighted by atomic mass is 10.3. The predicted molar refractivity (Wildman–Crippen MR) is 62.0 cm³/mol. The van der Waals surface area contributed by atoms with E-state index in [0.29, 0.717) is 0 Å². The molecule has 0 aliphatic carbocycles. The number of nitrogens with two attached hydrogens (primary N) is 1. The number of nitrogen functional groups attached to an aromatic ring is 1. The van der Waals surface area contributed by atoms with Crippen molar-refractivity contribution in [2.75, 3.05) is 5.73 Å². The van der Waals surface area contributed by atoms with Crippen LogP contribution in [0.1, 0.15) is 9.75 Å². The average Bonchev–Trinajstić information content (AvgIpc) is 2.72. The number of thiophene rings is 2. The SMILES string of the molecule is Nc1ccsc1C=Cc1cccs1. The fourth-order valence-corrected chi connectivity index (χ4v) is 2.34. The summed E-state index contributed by atoms with van der Waals surface area (Å²) >= 11 is 3.39. The molecule has 2 aromatic heterocycles. The number of anilines is 1. The van der Waals surface area contributed by atoms with Gasteiger partial charge >= 0.3 is 0 Å². The van der Waals surface area contributed by atoms with Crippen LogP contribution in [0.15, 0.2) is 29.0 Å². The lowest BCUT2D eigenvalue weighted by molar-refractivity contribution is 1.85. The lowest BCUT2D eigenvalue weighted by Crippen LogP contribution is -1.80. The third kappa shape index (κ3) is 1.99. The standard InChI is InChI=1S/C10H9NS2/c11-9-5-7-13-10(9)4-3-8-2-1-6-12-8/h1-7H,11H2. The highest BCUT2D eigenvalue weighted by atomic mass is 32.1. The van der Waals surface area contributed by atoms with Gasteiger partial charge in [-0.05, 0) is 35.0 Å². The molecule has 0 spiro atoms. The molecule has 1 nitrogen and oxygen atoms in total. The summed E-state index contributed by atoms with van der Waals surface area (Å²) in [7, 11) is 0. The summed E-state index contributed by atoms with van der Waals surface area (Å²) in [6.07, 6.45) is 4.15. The molecule has 0 amide bonds. The van der Waals surface area contributed by atoms with Gasteiger partial charge in [-0.1, -0.05) is 6.07 Å². The van der Waals surface area contributed by atoms with Crippen molar-refractivity contribution in [3.8, 4) is 0 Å². The monoisotopic (exact) mass is 207 g/mol. The van der Waals surface area contributed by atoms with Gasteiger partial charge in [-0.3, -0.25) is 0 Å². The molecule has 0 unspecified atom stereocenters. The van der Waals surface area contributed by atoms with Crippen molar-refractivity contribution in [1.82, 2.24) is 0 Å². The van der Waals surface area contributed by atoms with Crippen molar-refractivity contribution in [3.63, 3.8) is 0 Å². The topological polar surface area (TPSA) is 26.0 Å².